The van der Waals surface area contributed by atoms with Crippen LogP contribution in [0.4, 0.5) is 0 Å². The molecule has 0 radical (unpaired) electrons. The summed E-state index contributed by atoms with van der Waals surface area (Å²) < 4.78 is 3.29. The Morgan fingerprint density at radius 3 is 2.71 bits per heavy atom. The van der Waals surface area contributed by atoms with Crippen LogP contribution in [-0.2, 0) is 6.42 Å². The summed E-state index contributed by atoms with van der Waals surface area (Å²) >= 11 is 11.0. The molecular formula is C27H18BrClN2O2S. The molecular weight excluding hydrogens is 532 g/mol. The number of aromatic hydroxyl groups is 1. The molecule has 0 spiro atoms. The Bertz CT molecular complexity index is 1670. The Balaban J connectivity index is 1.64. The zero-order chi connectivity index (χ0) is 23.4. The van der Waals surface area contributed by atoms with Crippen molar-refractivity contribution in [3.63, 3.8) is 0 Å². The van der Waals surface area contributed by atoms with Crippen LogP contribution in [0, 0.1) is 0 Å². The summed E-state index contributed by atoms with van der Waals surface area (Å²) in [6.45, 7) is 0. The fraction of sp³-hybridized carbons (Fsp3) is 0.111. The molecule has 2 aliphatic rings. The van der Waals surface area contributed by atoms with Gasteiger partial charge in [0.15, 0.2) is 4.80 Å². The number of hydrogen-bond acceptors (Lipinski definition) is 4. The van der Waals surface area contributed by atoms with Gasteiger partial charge < -0.3 is 5.11 Å². The van der Waals surface area contributed by atoms with Gasteiger partial charge in [-0.15, -0.1) is 0 Å². The average molecular weight is 550 g/mol. The molecule has 6 rings (SSSR count). The number of phenolic OH excluding ortho intramolecular Hbond substituents is 1. The Labute approximate surface area is 212 Å². The van der Waals surface area contributed by atoms with E-state index in [1.807, 2.05) is 18.2 Å². The minimum atomic E-state index is -0.234. The van der Waals surface area contributed by atoms with E-state index < -0.39 is 0 Å². The first-order valence-electron chi connectivity index (χ1n) is 10.9. The molecule has 4 aromatic rings. The van der Waals surface area contributed by atoms with Gasteiger partial charge in [0.25, 0.3) is 5.56 Å². The maximum atomic E-state index is 13.7. The molecule has 1 N–H and O–H groups in total. The molecule has 1 atom stereocenters. The van der Waals surface area contributed by atoms with Gasteiger partial charge in [-0.2, -0.15) is 0 Å². The van der Waals surface area contributed by atoms with Crippen molar-refractivity contribution >= 4 is 50.6 Å². The maximum absolute atomic E-state index is 13.7. The molecule has 0 unspecified atom stereocenters. The van der Waals surface area contributed by atoms with Crippen LogP contribution in [-0.4, -0.2) is 9.67 Å². The molecule has 4 nitrogen and oxygen atoms in total. The van der Waals surface area contributed by atoms with Gasteiger partial charge in [-0.25, -0.2) is 4.99 Å². The molecule has 7 heteroatoms. The van der Waals surface area contributed by atoms with Crippen molar-refractivity contribution in [1.29, 1.82) is 0 Å². The van der Waals surface area contributed by atoms with Crippen molar-refractivity contribution in [2.24, 2.45) is 4.99 Å². The molecule has 1 aliphatic carbocycles. The summed E-state index contributed by atoms with van der Waals surface area (Å²) in [6.07, 6.45) is 3.45. The lowest BCUT2D eigenvalue weighted by Gasteiger charge is -2.30. The number of fused-ring (bicyclic) bond motifs is 3. The van der Waals surface area contributed by atoms with E-state index in [0.29, 0.717) is 19.9 Å². The third-order valence-electron chi connectivity index (χ3n) is 6.33. The van der Waals surface area contributed by atoms with Crippen molar-refractivity contribution in [2.45, 2.75) is 18.9 Å². The highest BCUT2D eigenvalue weighted by Gasteiger charge is 2.32. The van der Waals surface area contributed by atoms with Crippen LogP contribution in [0.1, 0.15) is 34.7 Å². The summed E-state index contributed by atoms with van der Waals surface area (Å²) in [6, 6.07) is 21.1. The molecule has 0 fully saturated rings. The van der Waals surface area contributed by atoms with E-state index in [9.17, 15) is 9.90 Å². The Kier molecular flexibility index (Phi) is 5.32. The van der Waals surface area contributed by atoms with Crippen molar-refractivity contribution < 1.29 is 5.11 Å². The topological polar surface area (TPSA) is 54.6 Å². The second kappa shape index (κ2) is 8.38. The molecule has 1 aliphatic heterocycles. The average Bonchev–Trinajstić information content (AvgIpc) is 3.15. The standard InChI is InChI=1S/C27H18BrClN2O2S/c28-18-8-5-16(6-9-18)25-21-11-7-15-3-1-2-4-20(15)24(21)30-27-31(25)26(33)23(34-27)14-17-13-19(29)10-12-22(17)32/h1-6,8-10,12-14,25,32H,7,11H2/b23-14+/t25-/m0/s1. The first kappa shape index (κ1) is 21.6. The number of aromatic nitrogens is 1. The summed E-state index contributed by atoms with van der Waals surface area (Å²) in [5.41, 5.74) is 5.97. The highest BCUT2D eigenvalue weighted by atomic mass is 79.9. The van der Waals surface area contributed by atoms with Crippen LogP contribution in [0.2, 0.25) is 5.02 Å². The summed E-state index contributed by atoms with van der Waals surface area (Å²) in [5.74, 6) is 0.0768. The zero-order valence-corrected chi connectivity index (χ0v) is 21.0. The van der Waals surface area contributed by atoms with E-state index in [2.05, 4.69) is 46.3 Å². The predicted octanol–water partition coefficient (Wildman–Crippen LogP) is 5.44. The van der Waals surface area contributed by atoms with Crippen LogP contribution in [0.15, 0.2) is 86.6 Å². The number of phenols is 1. The Morgan fingerprint density at radius 2 is 1.88 bits per heavy atom. The van der Waals surface area contributed by atoms with Gasteiger partial charge in [0.2, 0.25) is 0 Å². The monoisotopic (exact) mass is 548 g/mol. The number of benzene rings is 3. The van der Waals surface area contributed by atoms with Crippen LogP contribution in [0.3, 0.4) is 0 Å². The highest BCUT2D eigenvalue weighted by molar-refractivity contribution is 9.10. The maximum Gasteiger partial charge on any atom is 0.271 e. The molecule has 2 heterocycles. The van der Waals surface area contributed by atoms with E-state index in [1.165, 1.54) is 23.0 Å². The molecule has 34 heavy (non-hydrogen) atoms. The number of aryl methyl sites for hydroxylation is 1. The van der Waals surface area contributed by atoms with Gasteiger partial charge >= 0.3 is 0 Å². The molecule has 0 saturated heterocycles. The van der Waals surface area contributed by atoms with Crippen LogP contribution < -0.4 is 14.9 Å². The molecule has 1 aromatic heterocycles. The van der Waals surface area contributed by atoms with Gasteiger partial charge in [-0.3, -0.25) is 9.36 Å². The highest BCUT2D eigenvalue weighted by Crippen LogP contribution is 2.41. The molecule has 0 amide bonds. The normalized spacial score (nSPS) is 17.1. The Morgan fingerprint density at radius 1 is 1.09 bits per heavy atom. The molecule has 0 saturated carbocycles. The van der Waals surface area contributed by atoms with E-state index in [4.69, 9.17) is 16.6 Å². The third kappa shape index (κ3) is 3.57. The number of rotatable bonds is 2. The largest absolute Gasteiger partial charge is 0.507 e. The van der Waals surface area contributed by atoms with Gasteiger partial charge in [-0.1, -0.05) is 75.3 Å². The number of thiazole rings is 1. The number of allylic oxidation sites excluding steroid dienone is 1. The summed E-state index contributed by atoms with van der Waals surface area (Å²) in [4.78, 5) is 19.4. The molecule has 168 valence electrons. The van der Waals surface area contributed by atoms with Crippen molar-refractivity contribution in [1.82, 2.24) is 4.57 Å². The van der Waals surface area contributed by atoms with E-state index in [-0.39, 0.29) is 17.4 Å². The van der Waals surface area contributed by atoms with Crippen molar-refractivity contribution in [3.8, 4) is 5.75 Å². The number of halogens is 2. The predicted molar refractivity (Wildman–Crippen MR) is 140 cm³/mol. The molecule has 0 bridgehead atoms. The lowest BCUT2D eigenvalue weighted by Crippen LogP contribution is -2.38. The van der Waals surface area contributed by atoms with E-state index in [1.54, 1.807) is 22.8 Å². The summed E-state index contributed by atoms with van der Waals surface area (Å²) in [5, 5.41) is 10.8. The second-order valence-electron chi connectivity index (χ2n) is 8.37. The fourth-order valence-electron chi connectivity index (χ4n) is 4.75. The van der Waals surface area contributed by atoms with Crippen LogP contribution in [0.25, 0.3) is 11.8 Å². The minimum absolute atomic E-state index is 0.0768. The van der Waals surface area contributed by atoms with Crippen molar-refractivity contribution in [2.75, 3.05) is 0 Å². The van der Waals surface area contributed by atoms with Gasteiger partial charge in [-0.05, 0) is 65.9 Å². The zero-order valence-electron chi connectivity index (χ0n) is 17.8. The second-order valence-corrected chi connectivity index (χ2v) is 10.7. The smallest absolute Gasteiger partial charge is 0.271 e. The van der Waals surface area contributed by atoms with E-state index in [0.717, 1.165) is 39.7 Å². The first-order chi connectivity index (χ1) is 16.5. The first-order valence-corrected chi connectivity index (χ1v) is 12.9. The SMILES string of the molecule is O=c1/c(=C\c2cc(Cl)ccc2O)sc2n1[C@@H](c1ccc(Br)cc1)C1=C(N=2)c2ccccc2CC1. The fourth-order valence-corrected chi connectivity index (χ4v) is 6.19. The number of hydrogen-bond donors (Lipinski definition) is 1. The van der Waals surface area contributed by atoms with Crippen LogP contribution in [0.5, 0.6) is 5.75 Å². The van der Waals surface area contributed by atoms with Gasteiger partial charge in [0.1, 0.15) is 5.75 Å². The third-order valence-corrected chi connectivity index (χ3v) is 8.08. The lowest BCUT2D eigenvalue weighted by molar-refractivity contribution is 0.474. The van der Waals surface area contributed by atoms with Crippen molar-refractivity contribution in [3.05, 3.63) is 124 Å². The van der Waals surface area contributed by atoms with Gasteiger partial charge in [0.05, 0.1) is 16.3 Å². The minimum Gasteiger partial charge on any atom is -0.507 e. The Hall–Kier alpha value is -2.93. The molecule has 3 aromatic carbocycles. The quantitative estimate of drug-likeness (QED) is 0.362. The lowest BCUT2D eigenvalue weighted by atomic mass is 9.83. The van der Waals surface area contributed by atoms with E-state index >= 15 is 0 Å². The number of nitrogens with zero attached hydrogens (tertiary/aromatic N) is 2. The van der Waals surface area contributed by atoms with Gasteiger partial charge in [0, 0.05) is 20.6 Å². The summed E-state index contributed by atoms with van der Waals surface area (Å²) in [7, 11) is 0. The van der Waals surface area contributed by atoms with Crippen LogP contribution >= 0.6 is 38.9 Å².